The molecule has 3 heteroatoms. The van der Waals surface area contributed by atoms with Gasteiger partial charge in [0.05, 0.1) is 11.4 Å². The van der Waals surface area contributed by atoms with Gasteiger partial charge in [-0.1, -0.05) is 26.0 Å². The molecule has 0 spiro atoms. The number of nitrogen functional groups attached to an aromatic ring is 1. The summed E-state index contributed by atoms with van der Waals surface area (Å²) in [5, 5.41) is 8.32. The molecule has 0 unspecified atom stereocenters. The van der Waals surface area contributed by atoms with Gasteiger partial charge in [0, 0.05) is 5.69 Å². The zero-order chi connectivity index (χ0) is 12.5. The molecule has 2 N–H and O–H groups in total. The van der Waals surface area contributed by atoms with Crippen LogP contribution in [0.4, 0.5) is 11.4 Å². The first kappa shape index (κ1) is 13.2. The Hall–Kier alpha value is -1.90. The lowest BCUT2D eigenvalue weighted by atomic mass is 10.1. The molecular weight excluding hydrogens is 210 g/mol. The first-order chi connectivity index (χ1) is 8.34. The normalized spacial score (nSPS) is 14.1. The van der Waals surface area contributed by atoms with Gasteiger partial charge in [0.2, 0.25) is 0 Å². The van der Waals surface area contributed by atoms with Crippen LogP contribution in [0.15, 0.2) is 58.4 Å². The first-order valence-electron chi connectivity index (χ1n) is 5.97. The minimum Gasteiger partial charge on any atom is -0.399 e. The summed E-state index contributed by atoms with van der Waals surface area (Å²) in [6.45, 7) is 4.00. The number of benzene rings is 1. The van der Waals surface area contributed by atoms with Crippen molar-refractivity contribution in [3.05, 3.63) is 48.2 Å². The van der Waals surface area contributed by atoms with E-state index in [-0.39, 0.29) is 0 Å². The van der Waals surface area contributed by atoms with Crippen molar-refractivity contribution in [2.75, 3.05) is 5.73 Å². The molecule has 2 rings (SSSR count). The highest BCUT2D eigenvalue weighted by Gasteiger charge is 1.96. The van der Waals surface area contributed by atoms with E-state index in [4.69, 9.17) is 5.73 Å². The Bertz CT molecular complexity index is 414. The van der Waals surface area contributed by atoms with Crippen LogP contribution in [0.2, 0.25) is 0 Å². The molecule has 0 bridgehead atoms. The molecule has 0 aromatic heterocycles. The second-order valence-corrected chi connectivity index (χ2v) is 3.42. The topological polar surface area (TPSA) is 50.7 Å². The quantitative estimate of drug-likeness (QED) is 0.584. The van der Waals surface area contributed by atoms with Gasteiger partial charge in [-0.25, -0.2) is 0 Å². The summed E-state index contributed by atoms with van der Waals surface area (Å²) < 4.78 is 0. The Morgan fingerprint density at radius 3 is 2.35 bits per heavy atom. The van der Waals surface area contributed by atoms with Crippen LogP contribution in [-0.4, -0.2) is 0 Å². The lowest BCUT2D eigenvalue weighted by Gasteiger charge is -2.00. The van der Waals surface area contributed by atoms with E-state index in [0.29, 0.717) is 0 Å². The summed E-state index contributed by atoms with van der Waals surface area (Å²) in [6.07, 6.45) is 8.15. The van der Waals surface area contributed by atoms with E-state index >= 15 is 0 Å². The fraction of sp³-hybridized carbons (Fsp3) is 0.286. The van der Waals surface area contributed by atoms with Crippen molar-refractivity contribution in [1.29, 1.82) is 0 Å². The minimum atomic E-state index is 0.744. The Morgan fingerprint density at radius 1 is 1.06 bits per heavy atom. The summed E-state index contributed by atoms with van der Waals surface area (Å²) in [5.74, 6) is 0. The van der Waals surface area contributed by atoms with Crippen LogP contribution in [-0.2, 0) is 0 Å². The average molecular weight is 229 g/mol. The molecule has 0 amide bonds. The zero-order valence-corrected chi connectivity index (χ0v) is 10.4. The van der Waals surface area contributed by atoms with Crippen molar-refractivity contribution in [3.63, 3.8) is 0 Å². The van der Waals surface area contributed by atoms with E-state index in [1.165, 1.54) is 0 Å². The van der Waals surface area contributed by atoms with E-state index in [1.54, 1.807) is 0 Å². The standard InChI is InChI=1S/C12H13N3.C2H6/c13-10-6-8-12(9-7-10)15-14-11-4-2-1-3-5-11;1-2/h1-2,4,6-9H,3,5,13H2;1-2H3. The van der Waals surface area contributed by atoms with E-state index in [0.717, 1.165) is 29.9 Å². The second-order valence-electron chi connectivity index (χ2n) is 3.42. The summed E-state index contributed by atoms with van der Waals surface area (Å²) in [6, 6.07) is 7.36. The number of hydrogen-bond acceptors (Lipinski definition) is 3. The van der Waals surface area contributed by atoms with Gasteiger partial charge in [-0.3, -0.25) is 0 Å². The summed E-state index contributed by atoms with van der Waals surface area (Å²) in [4.78, 5) is 0. The molecule has 0 radical (unpaired) electrons. The molecule has 17 heavy (non-hydrogen) atoms. The van der Waals surface area contributed by atoms with Crippen LogP contribution in [0.5, 0.6) is 0 Å². The molecule has 1 aliphatic rings. The molecule has 0 atom stereocenters. The molecule has 0 aliphatic heterocycles. The van der Waals surface area contributed by atoms with E-state index in [1.807, 2.05) is 50.3 Å². The molecule has 1 aromatic rings. The number of nitrogens with zero attached hydrogens (tertiary/aromatic N) is 2. The predicted octanol–water partition coefficient (Wildman–Crippen LogP) is 4.61. The molecule has 1 aliphatic carbocycles. The third-order valence-corrected chi connectivity index (χ3v) is 2.18. The first-order valence-corrected chi connectivity index (χ1v) is 5.97. The molecule has 0 saturated carbocycles. The Labute approximate surface area is 103 Å². The number of allylic oxidation sites excluding steroid dienone is 4. The molecule has 3 nitrogen and oxygen atoms in total. The Morgan fingerprint density at radius 2 is 1.76 bits per heavy atom. The summed E-state index contributed by atoms with van der Waals surface area (Å²) in [7, 11) is 0. The molecule has 0 fully saturated rings. The van der Waals surface area contributed by atoms with Crippen LogP contribution in [0.1, 0.15) is 26.7 Å². The van der Waals surface area contributed by atoms with Crippen LogP contribution in [0.3, 0.4) is 0 Å². The molecule has 1 aromatic carbocycles. The maximum atomic E-state index is 5.57. The van der Waals surface area contributed by atoms with Gasteiger partial charge in [-0.2, -0.15) is 10.2 Å². The maximum Gasteiger partial charge on any atom is 0.0858 e. The second kappa shape index (κ2) is 7.39. The van der Waals surface area contributed by atoms with Gasteiger partial charge in [-0.05, 0) is 43.2 Å². The minimum absolute atomic E-state index is 0.744. The highest BCUT2D eigenvalue weighted by Crippen LogP contribution is 2.18. The molecule has 0 heterocycles. The van der Waals surface area contributed by atoms with Gasteiger partial charge in [0.15, 0.2) is 0 Å². The third kappa shape index (κ3) is 4.64. The third-order valence-electron chi connectivity index (χ3n) is 2.18. The number of azo groups is 1. The van der Waals surface area contributed by atoms with Crippen molar-refractivity contribution in [1.82, 2.24) is 0 Å². The van der Waals surface area contributed by atoms with Crippen LogP contribution >= 0.6 is 0 Å². The Balaban J connectivity index is 0.000000686. The van der Waals surface area contributed by atoms with Gasteiger partial charge in [-0.15, -0.1) is 0 Å². The van der Waals surface area contributed by atoms with Crippen molar-refractivity contribution in [3.8, 4) is 0 Å². The lowest BCUT2D eigenvalue weighted by Crippen LogP contribution is -1.82. The fourth-order valence-corrected chi connectivity index (χ4v) is 1.34. The molecule has 90 valence electrons. The highest BCUT2D eigenvalue weighted by molar-refractivity contribution is 5.47. The van der Waals surface area contributed by atoms with Crippen molar-refractivity contribution >= 4 is 11.4 Å². The summed E-state index contributed by atoms with van der Waals surface area (Å²) >= 11 is 0. The largest absolute Gasteiger partial charge is 0.399 e. The average Bonchev–Trinajstić information content (AvgIpc) is 2.42. The zero-order valence-electron chi connectivity index (χ0n) is 10.4. The van der Waals surface area contributed by atoms with Gasteiger partial charge >= 0.3 is 0 Å². The van der Waals surface area contributed by atoms with Crippen molar-refractivity contribution < 1.29 is 0 Å². The fourth-order valence-electron chi connectivity index (χ4n) is 1.34. The van der Waals surface area contributed by atoms with Gasteiger partial charge < -0.3 is 5.73 Å². The maximum absolute atomic E-state index is 5.57. The van der Waals surface area contributed by atoms with Gasteiger partial charge in [0.25, 0.3) is 0 Å². The van der Waals surface area contributed by atoms with E-state index in [9.17, 15) is 0 Å². The number of rotatable bonds is 2. The van der Waals surface area contributed by atoms with Crippen LogP contribution in [0.25, 0.3) is 0 Å². The van der Waals surface area contributed by atoms with E-state index < -0.39 is 0 Å². The number of nitrogens with two attached hydrogens (primary N) is 1. The van der Waals surface area contributed by atoms with Crippen molar-refractivity contribution in [2.45, 2.75) is 26.7 Å². The molecule has 0 saturated heterocycles. The molecular formula is C14H19N3. The summed E-state index contributed by atoms with van der Waals surface area (Å²) in [5.41, 5.74) is 8.17. The smallest absolute Gasteiger partial charge is 0.0858 e. The van der Waals surface area contributed by atoms with Crippen molar-refractivity contribution in [2.24, 2.45) is 10.2 Å². The number of hydrogen-bond donors (Lipinski definition) is 1. The SMILES string of the molecule is CC.Nc1ccc(N=NC2=CC=CCC2)cc1. The lowest BCUT2D eigenvalue weighted by molar-refractivity contribution is 0.912. The number of anilines is 1. The van der Waals surface area contributed by atoms with Gasteiger partial charge in [0.1, 0.15) is 0 Å². The van der Waals surface area contributed by atoms with E-state index in [2.05, 4.69) is 16.3 Å². The van der Waals surface area contributed by atoms with Crippen LogP contribution in [0, 0.1) is 0 Å². The van der Waals surface area contributed by atoms with Crippen LogP contribution < -0.4 is 5.73 Å². The monoisotopic (exact) mass is 229 g/mol. The highest BCUT2D eigenvalue weighted by atomic mass is 15.1. The predicted molar refractivity (Wildman–Crippen MR) is 73.2 cm³/mol. The Kier molecular flexibility index (Phi) is 5.72.